The summed E-state index contributed by atoms with van der Waals surface area (Å²) < 4.78 is 8.80. The normalized spacial score (nSPS) is 16.2. The highest BCUT2D eigenvalue weighted by molar-refractivity contribution is 6.17. The molecule has 52 heavy (non-hydrogen) atoms. The molecule has 2 aromatic heterocycles. The summed E-state index contributed by atoms with van der Waals surface area (Å²) in [6, 6.07) is 61.7. The Morgan fingerprint density at radius 2 is 1.21 bits per heavy atom. The summed E-state index contributed by atoms with van der Waals surface area (Å²) in [5.41, 5.74) is 12.1. The molecule has 5 heteroatoms. The number of para-hydroxylation sites is 2. The van der Waals surface area contributed by atoms with Crippen LogP contribution >= 0.6 is 0 Å². The first kappa shape index (κ1) is 30.1. The third kappa shape index (κ3) is 4.93. The number of fused-ring (bicyclic) bond motifs is 6. The number of nitrogens with one attached hydrogen (secondary N) is 1. The molecule has 9 aromatic rings. The molecule has 0 radical (unpaired) electrons. The summed E-state index contributed by atoms with van der Waals surface area (Å²) in [5, 5.41) is 21.3. The van der Waals surface area contributed by atoms with Crippen molar-refractivity contribution in [3.05, 3.63) is 192 Å². The van der Waals surface area contributed by atoms with Crippen LogP contribution in [0, 0.1) is 11.3 Å². The van der Waals surface area contributed by atoms with E-state index in [4.69, 9.17) is 4.42 Å². The Balaban J connectivity index is 1.21. The second kappa shape index (κ2) is 12.3. The molecule has 2 unspecified atom stereocenters. The van der Waals surface area contributed by atoms with E-state index in [1.54, 1.807) is 0 Å². The van der Waals surface area contributed by atoms with E-state index in [2.05, 4.69) is 143 Å². The van der Waals surface area contributed by atoms with E-state index in [1.807, 2.05) is 48.5 Å². The van der Waals surface area contributed by atoms with Crippen LogP contribution in [0.2, 0.25) is 0 Å². The molecule has 10 rings (SSSR count). The molecule has 246 valence electrons. The van der Waals surface area contributed by atoms with Crippen LogP contribution in [0.1, 0.15) is 28.9 Å². The highest BCUT2D eigenvalue weighted by Gasteiger charge is 2.35. The van der Waals surface area contributed by atoms with E-state index < -0.39 is 0 Å². The lowest BCUT2D eigenvalue weighted by Gasteiger charge is -2.31. The Labute approximate surface area is 300 Å². The van der Waals surface area contributed by atoms with Gasteiger partial charge in [-0.3, -0.25) is 10.6 Å². The van der Waals surface area contributed by atoms with Crippen LogP contribution < -0.4 is 10.6 Å². The topological polar surface area (TPSA) is 70.5 Å². The Morgan fingerprint density at radius 1 is 0.538 bits per heavy atom. The predicted molar refractivity (Wildman–Crippen MR) is 209 cm³/mol. The number of nitrogens with two attached hydrogens (primary N) is 1. The lowest BCUT2D eigenvalue weighted by Crippen LogP contribution is -2.87. The Morgan fingerprint density at radius 3 is 1.98 bits per heavy atom. The molecule has 0 fully saturated rings. The summed E-state index contributed by atoms with van der Waals surface area (Å²) in [6.45, 7) is 0. The van der Waals surface area contributed by atoms with Crippen LogP contribution in [0.5, 0.6) is 0 Å². The van der Waals surface area contributed by atoms with E-state index >= 15 is 0 Å². The molecule has 0 saturated carbocycles. The van der Waals surface area contributed by atoms with Crippen molar-refractivity contribution < 1.29 is 9.73 Å². The van der Waals surface area contributed by atoms with E-state index in [0.717, 1.165) is 72.2 Å². The minimum absolute atomic E-state index is 0.185. The largest absolute Gasteiger partial charge is 0.456 e. The quantitative estimate of drug-likeness (QED) is 0.192. The van der Waals surface area contributed by atoms with Crippen LogP contribution in [0.15, 0.2) is 180 Å². The maximum absolute atomic E-state index is 10.6. The fraction of sp³-hybridized carbons (Fsp3) is 0.0426. The molecular formula is C47H33N4O+. The van der Waals surface area contributed by atoms with Gasteiger partial charge in [-0.25, -0.2) is 0 Å². The van der Waals surface area contributed by atoms with Crippen molar-refractivity contribution in [3.63, 3.8) is 0 Å². The number of hydrogen-bond donors (Lipinski definition) is 2. The number of nitrogens with zero attached hydrogens (tertiary/aromatic N) is 2. The summed E-state index contributed by atoms with van der Waals surface area (Å²) in [4.78, 5) is 0. The van der Waals surface area contributed by atoms with Gasteiger partial charge in [0.1, 0.15) is 22.8 Å². The molecule has 3 N–H and O–H groups in total. The third-order valence-electron chi connectivity index (χ3n) is 10.4. The van der Waals surface area contributed by atoms with Gasteiger partial charge in [0.05, 0.1) is 17.1 Å². The van der Waals surface area contributed by atoms with Crippen molar-refractivity contribution in [2.24, 2.45) is 0 Å². The van der Waals surface area contributed by atoms with Crippen LogP contribution in [-0.4, -0.2) is 4.57 Å². The van der Waals surface area contributed by atoms with Gasteiger partial charge in [-0.2, -0.15) is 5.26 Å². The summed E-state index contributed by atoms with van der Waals surface area (Å²) in [7, 11) is 0. The number of furan rings is 1. The van der Waals surface area contributed by atoms with Crippen molar-refractivity contribution in [3.8, 4) is 22.9 Å². The molecule has 0 aliphatic carbocycles. The van der Waals surface area contributed by atoms with Crippen molar-refractivity contribution in [2.45, 2.75) is 12.2 Å². The highest BCUT2D eigenvalue weighted by atomic mass is 16.3. The van der Waals surface area contributed by atoms with Gasteiger partial charge in [-0.15, -0.1) is 0 Å². The van der Waals surface area contributed by atoms with Crippen LogP contribution in [-0.2, 0) is 0 Å². The van der Waals surface area contributed by atoms with Gasteiger partial charge in [-0.05, 0) is 65.2 Å². The number of benzene rings is 7. The monoisotopic (exact) mass is 669 g/mol. The third-order valence-corrected chi connectivity index (χ3v) is 10.4. The molecule has 1 aliphatic heterocycles. The first-order valence-electron chi connectivity index (χ1n) is 17.6. The lowest BCUT2D eigenvalue weighted by molar-refractivity contribution is -0.621. The number of quaternary nitrogens is 1. The second-order valence-corrected chi connectivity index (χ2v) is 13.5. The number of nitriles is 1. The molecule has 0 bridgehead atoms. The summed E-state index contributed by atoms with van der Waals surface area (Å²) in [5.74, 6) is 0. The minimum atomic E-state index is -0.283. The van der Waals surface area contributed by atoms with E-state index in [-0.39, 0.29) is 12.2 Å². The molecule has 5 nitrogen and oxygen atoms in total. The van der Waals surface area contributed by atoms with E-state index in [0.29, 0.717) is 5.57 Å². The average molecular weight is 670 g/mol. The van der Waals surface area contributed by atoms with Gasteiger partial charge in [0.2, 0.25) is 0 Å². The Hall–Kier alpha value is -6.71. The minimum Gasteiger partial charge on any atom is -0.456 e. The van der Waals surface area contributed by atoms with Gasteiger partial charge in [-0.1, -0.05) is 115 Å². The van der Waals surface area contributed by atoms with E-state index in [9.17, 15) is 5.26 Å². The zero-order chi connectivity index (χ0) is 34.6. The zero-order valence-electron chi connectivity index (χ0n) is 28.2. The summed E-state index contributed by atoms with van der Waals surface area (Å²) >= 11 is 0. The van der Waals surface area contributed by atoms with Crippen molar-refractivity contribution in [1.82, 2.24) is 9.88 Å². The summed E-state index contributed by atoms with van der Waals surface area (Å²) in [6.07, 6.45) is -0.185. The predicted octanol–water partition coefficient (Wildman–Crippen LogP) is 10.2. The van der Waals surface area contributed by atoms with Gasteiger partial charge in [0.25, 0.3) is 0 Å². The standard InChI is InChI=1S/C47H32N4O/c48-29-40-45(31-16-6-2-7-17-31)49-47(50-46(40)32-18-8-3-9-19-32)34-24-33(30-14-4-1-5-15-30)25-35(26-34)51-41-22-12-10-20-36(41)38-27-39-37-21-11-13-23-43(37)52-44(39)28-42(38)51/h1-28,45,47,49-50H/p+1. The number of aromatic nitrogens is 1. The van der Waals surface area contributed by atoms with Gasteiger partial charge in [0.15, 0.2) is 11.9 Å². The molecule has 7 aromatic carbocycles. The maximum Gasteiger partial charge on any atom is 0.171 e. The van der Waals surface area contributed by atoms with Crippen LogP contribution in [0.3, 0.4) is 0 Å². The van der Waals surface area contributed by atoms with Gasteiger partial charge in [0, 0.05) is 44.4 Å². The van der Waals surface area contributed by atoms with E-state index in [1.165, 1.54) is 10.8 Å². The molecule has 3 heterocycles. The fourth-order valence-electron chi connectivity index (χ4n) is 8.02. The van der Waals surface area contributed by atoms with Crippen LogP contribution in [0.4, 0.5) is 0 Å². The van der Waals surface area contributed by atoms with Gasteiger partial charge < -0.3 is 8.98 Å². The fourth-order valence-corrected chi connectivity index (χ4v) is 8.02. The number of hydrogen-bond acceptors (Lipinski definition) is 3. The van der Waals surface area contributed by atoms with Crippen molar-refractivity contribution in [2.75, 3.05) is 0 Å². The molecule has 2 atom stereocenters. The maximum atomic E-state index is 10.6. The molecule has 0 saturated heterocycles. The van der Waals surface area contributed by atoms with Crippen molar-refractivity contribution in [1.29, 1.82) is 5.26 Å². The average Bonchev–Trinajstić information content (AvgIpc) is 3.75. The SMILES string of the molecule is N#CC1=C(c2ccccc2)[NH2+]C(c2cc(-c3ccccc3)cc(-n3c4ccccc4c4cc5c(cc43)oc3ccccc35)c2)NC1c1ccccc1. The molecular weight excluding hydrogens is 637 g/mol. The van der Waals surface area contributed by atoms with Gasteiger partial charge >= 0.3 is 0 Å². The second-order valence-electron chi connectivity index (χ2n) is 13.5. The van der Waals surface area contributed by atoms with Crippen LogP contribution in [0.25, 0.3) is 66.3 Å². The first-order valence-corrected chi connectivity index (χ1v) is 17.6. The Kier molecular flexibility index (Phi) is 7.10. The zero-order valence-corrected chi connectivity index (χ0v) is 28.2. The Bertz CT molecular complexity index is 2860. The first-order chi connectivity index (χ1) is 25.7. The molecule has 0 amide bonds. The number of rotatable bonds is 5. The van der Waals surface area contributed by atoms with Crippen molar-refractivity contribution >= 4 is 49.4 Å². The molecule has 1 aliphatic rings. The smallest absolute Gasteiger partial charge is 0.171 e. The highest BCUT2D eigenvalue weighted by Crippen LogP contribution is 2.40. The molecule has 0 spiro atoms. The lowest BCUT2D eigenvalue weighted by atomic mass is 9.91.